The SMILES string of the molecule is C[C@@H]1CN(c2ccc3c(c2)Cc2c(C(N)=O)cc(-c4cccc(C(F)(F)F)c4)nc2-3)C[C@H](C)O1. The van der Waals surface area contributed by atoms with E-state index in [-0.39, 0.29) is 29.0 Å². The van der Waals surface area contributed by atoms with Gasteiger partial charge in [-0.05, 0) is 55.3 Å². The van der Waals surface area contributed by atoms with E-state index in [0.29, 0.717) is 17.7 Å². The number of aromatic nitrogens is 1. The van der Waals surface area contributed by atoms with Crippen LogP contribution in [0.2, 0.25) is 0 Å². The number of halogens is 3. The fourth-order valence-corrected chi connectivity index (χ4v) is 4.93. The summed E-state index contributed by atoms with van der Waals surface area (Å²) < 4.78 is 45.6. The zero-order valence-electron chi connectivity index (χ0n) is 18.8. The predicted molar refractivity (Wildman–Crippen MR) is 124 cm³/mol. The molecule has 1 saturated heterocycles. The van der Waals surface area contributed by atoms with E-state index in [1.165, 1.54) is 12.1 Å². The Morgan fingerprint density at radius 3 is 2.50 bits per heavy atom. The van der Waals surface area contributed by atoms with Crippen molar-refractivity contribution in [3.05, 3.63) is 70.8 Å². The molecule has 1 aromatic heterocycles. The number of alkyl halides is 3. The normalized spacial score (nSPS) is 19.6. The summed E-state index contributed by atoms with van der Waals surface area (Å²) in [5.41, 5.74) is 9.99. The van der Waals surface area contributed by atoms with Crippen molar-refractivity contribution >= 4 is 11.6 Å². The van der Waals surface area contributed by atoms with Crippen molar-refractivity contribution in [3.8, 4) is 22.5 Å². The van der Waals surface area contributed by atoms with E-state index >= 15 is 0 Å². The maximum absolute atomic E-state index is 13.2. The highest BCUT2D eigenvalue weighted by molar-refractivity contribution is 5.98. The molecule has 5 nitrogen and oxygen atoms in total. The zero-order valence-corrected chi connectivity index (χ0v) is 18.8. The minimum absolute atomic E-state index is 0.118. The van der Waals surface area contributed by atoms with Gasteiger partial charge in [0.05, 0.1) is 29.2 Å². The summed E-state index contributed by atoms with van der Waals surface area (Å²) in [6.45, 7) is 5.65. The second kappa shape index (κ2) is 8.13. The number of morpholine rings is 1. The molecule has 1 amide bonds. The molecule has 2 aromatic carbocycles. The van der Waals surface area contributed by atoms with Gasteiger partial charge in [0.1, 0.15) is 0 Å². The molecule has 1 fully saturated rings. The van der Waals surface area contributed by atoms with Crippen molar-refractivity contribution in [2.45, 2.75) is 38.7 Å². The molecule has 0 radical (unpaired) electrons. The molecule has 2 heterocycles. The molecule has 0 bridgehead atoms. The number of pyridine rings is 1. The molecule has 34 heavy (non-hydrogen) atoms. The van der Waals surface area contributed by atoms with Crippen molar-refractivity contribution in [1.82, 2.24) is 4.98 Å². The average molecular weight is 467 g/mol. The summed E-state index contributed by atoms with van der Waals surface area (Å²) in [4.78, 5) is 19.3. The number of anilines is 1. The molecule has 0 saturated carbocycles. The van der Waals surface area contributed by atoms with Crippen LogP contribution in [0, 0.1) is 0 Å². The largest absolute Gasteiger partial charge is 0.416 e. The second-order valence-electron chi connectivity index (χ2n) is 9.01. The van der Waals surface area contributed by atoms with Crippen LogP contribution in [0.25, 0.3) is 22.5 Å². The second-order valence-corrected chi connectivity index (χ2v) is 9.01. The van der Waals surface area contributed by atoms with Gasteiger partial charge in [0, 0.05) is 41.9 Å². The summed E-state index contributed by atoms with van der Waals surface area (Å²) in [5.74, 6) is -0.629. The molecular formula is C26H24F3N3O2. The first kappa shape index (κ1) is 22.4. The number of hydrogen-bond donors (Lipinski definition) is 1. The molecular weight excluding hydrogens is 443 g/mol. The number of benzene rings is 2. The summed E-state index contributed by atoms with van der Waals surface area (Å²) in [7, 11) is 0. The maximum Gasteiger partial charge on any atom is 0.416 e. The Bertz CT molecular complexity index is 1280. The van der Waals surface area contributed by atoms with Crippen molar-refractivity contribution in [1.29, 1.82) is 0 Å². The number of nitrogens with zero attached hydrogens (tertiary/aromatic N) is 2. The van der Waals surface area contributed by atoms with Gasteiger partial charge in [-0.1, -0.05) is 18.2 Å². The van der Waals surface area contributed by atoms with Gasteiger partial charge in [-0.3, -0.25) is 4.79 Å². The van der Waals surface area contributed by atoms with Crippen LogP contribution in [0.3, 0.4) is 0 Å². The zero-order chi connectivity index (χ0) is 24.2. The fourth-order valence-electron chi connectivity index (χ4n) is 4.93. The van der Waals surface area contributed by atoms with E-state index in [1.54, 1.807) is 6.07 Å². The third-order valence-corrected chi connectivity index (χ3v) is 6.37. The topological polar surface area (TPSA) is 68.5 Å². The number of ether oxygens (including phenoxy) is 1. The molecule has 1 aliphatic carbocycles. The van der Waals surface area contributed by atoms with E-state index in [9.17, 15) is 18.0 Å². The van der Waals surface area contributed by atoms with Crippen molar-refractivity contribution < 1.29 is 22.7 Å². The molecule has 1 aliphatic heterocycles. The lowest BCUT2D eigenvalue weighted by Crippen LogP contribution is -2.45. The standard InChI is InChI=1S/C26H24F3N3O2/c1-14-12-32(13-15(2)34-14)19-6-7-20-17(9-19)10-21-22(25(30)33)11-23(31-24(20)21)16-4-3-5-18(8-16)26(27,28)29/h3-9,11,14-15H,10,12-13H2,1-2H3,(H2,30,33)/t14-,15+. The Morgan fingerprint density at radius 2 is 1.82 bits per heavy atom. The predicted octanol–water partition coefficient (Wildman–Crippen LogP) is 5.05. The van der Waals surface area contributed by atoms with Crippen molar-refractivity contribution in [2.75, 3.05) is 18.0 Å². The molecule has 2 N–H and O–H groups in total. The summed E-state index contributed by atoms with van der Waals surface area (Å²) in [6, 6.07) is 12.5. The number of fused-ring (bicyclic) bond motifs is 3. The van der Waals surface area contributed by atoms with E-state index in [1.807, 2.05) is 26.0 Å². The van der Waals surface area contributed by atoms with Crippen LogP contribution >= 0.6 is 0 Å². The number of hydrogen-bond acceptors (Lipinski definition) is 4. The van der Waals surface area contributed by atoms with E-state index in [4.69, 9.17) is 10.5 Å². The van der Waals surface area contributed by atoms with E-state index in [0.717, 1.165) is 42.0 Å². The van der Waals surface area contributed by atoms with Gasteiger partial charge in [0.15, 0.2) is 0 Å². The number of nitrogens with two attached hydrogens (primary N) is 1. The first-order valence-electron chi connectivity index (χ1n) is 11.1. The van der Waals surface area contributed by atoms with Crippen LogP contribution in [0.1, 0.15) is 40.9 Å². The molecule has 5 rings (SSSR count). The Kier molecular flexibility index (Phi) is 5.36. The van der Waals surface area contributed by atoms with Gasteiger partial charge in [0.2, 0.25) is 5.91 Å². The molecule has 2 atom stereocenters. The minimum Gasteiger partial charge on any atom is -0.372 e. The smallest absolute Gasteiger partial charge is 0.372 e. The number of carbonyl (C=O) groups is 1. The van der Waals surface area contributed by atoms with Crippen LogP contribution < -0.4 is 10.6 Å². The lowest BCUT2D eigenvalue weighted by molar-refractivity contribution is -0.137. The summed E-state index contributed by atoms with van der Waals surface area (Å²) >= 11 is 0. The van der Waals surface area contributed by atoms with Crippen molar-refractivity contribution in [2.24, 2.45) is 5.73 Å². The van der Waals surface area contributed by atoms with E-state index < -0.39 is 17.6 Å². The van der Waals surface area contributed by atoms with Gasteiger partial charge >= 0.3 is 6.18 Å². The molecule has 3 aromatic rings. The van der Waals surface area contributed by atoms with Gasteiger partial charge in [0.25, 0.3) is 0 Å². The minimum atomic E-state index is -4.48. The van der Waals surface area contributed by atoms with Gasteiger partial charge in [-0.25, -0.2) is 4.98 Å². The van der Waals surface area contributed by atoms with Crippen LogP contribution in [-0.2, 0) is 17.3 Å². The average Bonchev–Trinajstić information content (AvgIpc) is 3.15. The first-order chi connectivity index (χ1) is 16.1. The molecule has 0 unspecified atom stereocenters. The van der Waals surface area contributed by atoms with Gasteiger partial charge in [-0.2, -0.15) is 13.2 Å². The monoisotopic (exact) mass is 467 g/mol. The fraction of sp³-hybridized carbons (Fsp3) is 0.308. The lowest BCUT2D eigenvalue weighted by atomic mass is 10.0. The van der Waals surface area contributed by atoms with Gasteiger partial charge in [-0.15, -0.1) is 0 Å². The summed E-state index contributed by atoms with van der Waals surface area (Å²) in [5, 5.41) is 0. The summed E-state index contributed by atoms with van der Waals surface area (Å²) in [6.07, 6.45) is -3.75. The Balaban J connectivity index is 1.57. The Morgan fingerprint density at radius 1 is 1.09 bits per heavy atom. The maximum atomic E-state index is 13.2. The van der Waals surface area contributed by atoms with Crippen LogP contribution in [0.4, 0.5) is 18.9 Å². The van der Waals surface area contributed by atoms with Crippen molar-refractivity contribution in [3.63, 3.8) is 0 Å². The molecule has 8 heteroatoms. The Labute approximate surface area is 195 Å². The van der Waals surface area contributed by atoms with Crippen LogP contribution in [-0.4, -0.2) is 36.2 Å². The number of primary amides is 1. The third kappa shape index (κ3) is 4.03. The lowest BCUT2D eigenvalue weighted by Gasteiger charge is -2.37. The highest BCUT2D eigenvalue weighted by Crippen LogP contribution is 2.41. The third-order valence-electron chi connectivity index (χ3n) is 6.37. The first-order valence-corrected chi connectivity index (χ1v) is 11.1. The molecule has 176 valence electrons. The van der Waals surface area contributed by atoms with E-state index in [2.05, 4.69) is 16.0 Å². The van der Waals surface area contributed by atoms with Gasteiger partial charge < -0.3 is 15.4 Å². The highest BCUT2D eigenvalue weighted by Gasteiger charge is 2.32. The Hall–Kier alpha value is -3.39. The molecule has 0 spiro atoms. The molecule has 2 aliphatic rings. The highest BCUT2D eigenvalue weighted by atomic mass is 19.4. The van der Waals surface area contributed by atoms with Crippen LogP contribution in [0.15, 0.2) is 48.5 Å². The quantitative estimate of drug-likeness (QED) is 0.458. The van der Waals surface area contributed by atoms with Crippen LogP contribution in [0.5, 0.6) is 0 Å². The number of rotatable bonds is 3. The number of amides is 1. The number of carbonyl (C=O) groups excluding carboxylic acids is 1.